The largest absolute Gasteiger partial charge is 0.323 e. The lowest BCUT2D eigenvalue weighted by molar-refractivity contribution is -0.384. The van der Waals surface area contributed by atoms with Crippen LogP contribution in [0.4, 0.5) is 11.4 Å². The molecule has 1 N–H and O–H groups in total. The van der Waals surface area contributed by atoms with Crippen molar-refractivity contribution in [2.75, 3.05) is 18.4 Å². The van der Waals surface area contributed by atoms with Gasteiger partial charge >= 0.3 is 0 Å². The van der Waals surface area contributed by atoms with Crippen molar-refractivity contribution in [3.8, 4) is 0 Å². The molecule has 1 aliphatic rings. The van der Waals surface area contributed by atoms with Gasteiger partial charge in [-0.05, 0) is 51.1 Å². The summed E-state index contributed by atoms with van der Waals surface area (Å²) in [6.07, 6.45) is 3.70. The Morgan fingerprint density at radius 3 is 2.77 bits per heavy atom. The monoisotopic (exact) mass is 428 g/mol. The molecule has 3 aromatic rings. The molecule has 0 spiro atoms. The van der Waals surface area contributed by atoms with Crippen LogP contribution in [-0.4, -0.2) is 49.5 Å². The summed E-state index contributed by atoms with van der Waals surface area (Å²) in [5.41, 5.74) is 0.952. The third-order valence-corrected chi connectivity index (χ3v) is 5.91. The highest BCUT2D eigenvalue weighted by molar-refractivity contribution is 6.33. The third kappa shape index (κ3) is 3.99. The number of nitrogens with zero attached hydrogens (tertiary/aromatic N) is 5. The molecule has 0 radical (unpaired) electrons. The minimum absolute atomic E-state index is 0.122. The minimum Gasteiger partial charge on any atom is -0.323 e. The van der Waals surface area contributed by atoms with Crippen LogP contribution in [0.1, 0.15) is 31.5 Å². The molecule has 0 aliphatic carbocycles. The average Bonchev–Trinajstić information content (AvgIpc) is 3.19. The highest BCUT2D eigenvalue weighted by Crippen LogP contribution is 2.29. The number of rotatable bonds is 5. The molecule has 3 heterocycles. The van der Waals surface area contributed by atoms with Crippen molar-refractivity contribution in [1.29, 1.82) is 0 Å². The topological polar surface area (TPSA) is 106 Å². The van der Waals surface area contributed by atoms with Crippen LogP contribution < -0.4 is 5.32 Å². The van der Waals surface area contributed by atoms with E-state index in [1.54, 1.807) is 0 Å². The number of aromatic nitrogens is 3. The van der Waals surface area contributed by atoms with Crippen LogP contribution in [-0.2, 0) is 4.79 Å². The second-order valence-electron chi connectivity index (χ2n) is 7.38. The van der Waals surface area contributed by atoms with Crippen molar-refractivity contribution >= 4 is 34.5 Å². The lowest BCUT2D eigenvalue weighted by atomic mass is 9.95. The standard InChI is InChI=1S/C20H21ClN6O3/c1-13(20(28)22-17-12-15(27(29)30)5-6-16(17)21)25-10-7-14(8-11-25)19-24-23-18-4-2-3-9-26(18)19/h2-6,9,12-14H,7-8,10-11H2,1H3,(H,22,28). The molecule has 0 saturated carbocycles. The molecule has 1 amide bonds. The SMILES string of the molecule is CC(C(=O)Nc1cc([N+](=O)[O-])ccc1Cl)N1CCC(c2nnc3ccccn23)CC1. The quantitative estimate of drug-likeness (QED) is 0.492. The smallest absolute Gasteiger partial charge is 0.271 e. The molecule has 156 valence electrons. The van der Waals surface area contributed by atoms with E-state index in [0.717, 1.165) is 37.4 Å². The number of likely N-dealkylation sites (tertiary alicyclic amines) is 1. The van der Waals surface area contributed by atoms with Crippen LogP contribution in [0.25, 0.3) is 5.65 Å². The molecule has 4 rings (SSSR count). The molecule has 1 saturated heterocycles. The van der Waals surface area contributed by atoms with Crippen LogP contribution in [0.3, 0.4) is 0 Å². The summed E-state index contributed by atoms with van der Waals surface area (Å²) in [5, 5.41) is 22.5. The van der Waals surface area contributed by atoms with E-state index >= 15 is 0 Å². The van der Waals surface area contributed by atoms with Gasteiger partial charge in [-0.3, -0.25) is 24.2 Å². The molecule has 1 aromatic carbocycles. The Balaban J connectivity index is 1.39. The average molecular weight is 429 g/mol. The number of piperidine rings is 1. The van der Waals surface area contributed by atoms with E-state index in [0.29, 0.717) is 0 Å². The molecule has 1 unspecified atom stereocenters. The van der Waals surface area contributed by atoms with Gasteiger partial charge in [-0.2, -0.15) is 0 Å². The number of benzene rings is 1. The maximum Gasteiger partial charge on any atom is 0.271 e. The molecular formula is C20H21ClN6O3. The molecular weight excluding hydrogens is 408 g/mol. The maximum absolute atomic E-state index is 12.7. The van der Waals surface area contributed by atoms with Crippen LogP contribution in [0, 0.1) is 10.1 Å². The number of amides is 1. The first-order valence-electron chi connectivity index (χ1n) is 9.72. The highest BCUT2D eigenvalue weighted by Gasteiger charge is 2.29. The first kappa shape index (κ1) is 20.2. The Morgan fingerprint density at radius 2 is 2.03 bits per heavy atom. The van der Waals surface area contributed by atoms with Crippen molar-refractivity contribution < 1.29 is 9.72 Å². The van der Waals surface area contributed by atoms with Gasteiger partial charge in [0.05, 0.1) is 21.7 Å². The van der Waals surface area contributed by atoms with E-state index in [2.05, 4.69) is 20.4 Å². The summed E-state index contributed by atoms with van der Waals surface area (Å²) in [7, 11) is 0. The number of hydrogen-bond acceptors (Lipinski definition) is 6. The number of nitro groups is 1. The van der Waals surface area contributed by atoms with E-state index in [1.165, 1.54) is 18.2 Å². The van der Waals surface area contributed by atoms with Gasteiger partial charge in [0.15, 0.2) is 5.65 Å². The first-order chi connectivity index (χ1) is 14.4. The van der Waals surface area contributed by atoms with Crippen molar-refractivity contribution in [2.24, 2.45) is 0 Å². The van der Waals surface area contributed by atoms with Gasteiger partial charge in [0.25, 0.3) is 5.69 Å². The molecule has 10 heteroatoms. The number of anilines is 1. The van der Waals surface area contributed by atoms with Gasteiger partial charge in [0.1, 0.15) is 5.82 Å². The molecule has 0 bridgehead atoms. The van der Waals surface area contributed by atoms with Gasteiger partial charge < -0.3 is 5.32 Å². The van der Waals surface area contributed by atoms with Gasteiger partial charge in [-0.15, -0.1) is 10.2 Å². The van der Waals surface area contributed by atoms with Crippen LogP contribution in [0.2, 0.25) is 5.02 Å². The predicted molar refractivity (Wildman–Crippen MR) is 113 cm³/mol. The molecule has 1 fully saturated rings. The lowest BCUT2D eigenvalue weighted by Gasteiger charge is -2.34. The van der Waals surface area contributed by atoms with E-state index in [-0.39, 0.29) is 28.2 Å². The van der Waals surface area contributed by atoms with E-state index < -0.39 is 11.0 Å². The fourth-order valence-electron chi connectivity index (χ4n) is 3.81. The number of pyridine rings is 1. The summed E-state index contributed by atoms with van der Waals surface area (Å²) in [6, 6.07) is 9.42. The summed E-state index contributed by atoms with van der Waals surface area (Å²) in [6.45, 7) is 3.31. The van der Waals surface area contributed by atoms with Crippen molar-refractivity contribution in [1.82, 2.24) is 19.5 Å². The van der Waals surface area contributed by atoms with Crippen molar-refractivity contribution in [3.05, 3.63) is 63.6 Å². The fourth-order valence-corrected chi connectivity index (χ4v) is 3.97. The minimum atomic E-state index is -0.519. The molecule has 2 aromatic heterocycles. The van der Waals surface area contributed by atoms with Crippen molar-refractivity contribution in [2.45, 2.75) is 31.7 Å². The first-order valence-corrected chi connectivity index (χ1v) is 10.1. The zero-order valence-electron chi connectivity index (χ0n) is 16.4. The second kappa shape index (κ2) is 8.37. The highest BCUT2D eigenvalue weighted by atomic mass is 35.5. The Labute approximate surface area is 177 Å². The Bertz CT molecular complexity index is 1090. The second-order valence-corrected chi connectivity index (χ2v) is 7.79. The molecule has 1 aliphatic heterocycles. The van der Waals surface area contributed by atoms with Gasteiger partial charge in [0, 0.05) is 24.2 Å². The summed E-state index contributed by atoms with van der Waals surface area (Å²) >= 11 is 6.09. The Kier molecular flexibility index (Phi) is 5.65. The molecule has 30 heavy (non-hydrogen) atoms. The van der Waals surface area contributed by atoms with Crippen LogP contribution in [0.5, 0.6) is 0 Å². The Morgan fingerprint density at radius 1 is 1.27 bits per heavy atom. The van der Waals surface area contributed by atoms with Gasteiger partial charge in [-0.1, -0.05) is 17.7 Å². The number of nitro benzene ring substituents is 1. The summed E-state index contributed by atoms with van der Waals surface area (Å²) in [4.78, 5) is 25.3. The number of hydrogen-bond donors (Lipinski definition) is 1. The van der Waals surface area contributed by atoms with Crippen LogP contribution >= 0.6 is 11.6 Å². The number of carbonyl (C=O) groups excluding carboxylic acids is 1. The zero-order chi connectivity index (χ0) is 21.3. The van der Waals surface area contributed by atoms with E-state index in [4.69, 9.17) is 11.6 Å². The molecule has 1 atom stereocenters. The molecule has 9 nitrogen and oxygen atoms in total. The van der Waals surface area contributed by atoms with E-state index in [9.17, 15) is 14.9 Å². The zero-order valence-corrected chi connectivity index (χ0v) is 17.1. The maximum atomic E-state index is 12.7. The number of halogens is 1. The van der Waals surface area contributed by atoms with Crippen molar-refractivity contribution in [3.63, 3.8) is 0 Å². The number of non-ortho nitro benzene ring substituents is 1. The fraction of sp³-hybridized carbons (Fsp3) is 0.350. The van der Waals surface area contributed by atoms with E-state index in [1.807, 2.05) is 35.7 Å². The lowest BCUT2D eigenvalue weighted by Crippen LogP contribution is -2.46. The predicted octanol–water partition coefficient (Wildman–Crippen LogP) is 3.50. The number of carbonyl (C=O) groups is 1. The van der Waals surface area contributed by atoms with Gasteiger partial charge in [0.2, 0.25) is 5.91 Å². The normalized spacial score (nSPS) is 16.5. The number of fused-ring (bicyclic) bond motifs is 1. The summed E-state index contributed by atoms with van der Waals surface area (Å²) in [5.74, 6) is 0.981. The van der Waals surface area contributed by atoms with Crippen LogP contribution in [0.15, 0.2) is 42.6 Å². The summed E-state index contributed by atoms with van der Waals surface area (Å²) < 4.78 is 2.01. The Hall–Kier alpha value is -3.04. The third-order valence-electron chi connectivity index (χ3n) is 5.58. The van der Waals surface area contributed by atoms with Gasteiger partial charge in [-0.25, -0.2) is 0 Å². The number of nitrogens with one attached hydrogen (secondary N) is 1.